The lowest BCUT2D eigenvalue weighted by Gasteiger charge is -2.21. The fourth-order valence-electron chi connectivity index (χ4n) is 2.66. The molecule has 0 saturated carbocycles. The first-order chi connectivity index (χ1) is 12.4. The molecule has 5 nitrogen and oxygen atoms in total. The van der Waals surface area contributed by atoms with E-state index in [0.29, 0.717) is 17.1 Å². The lowest BCUT2D eigenvalue weighted by atomic mass is 10.1. The maximum Gasteiger partial charge on any atom is 0.267 e. The molecule has 0 fully saturated rings. The fraction of sp³-hybridized carbons (Fsp3) is 0.167. The van der Waals surface area contributed by atoms with Gasteiger partial charge in [0.2, 0.25) is 0 Å². The molecule has 0 spiro atoms. The van der Waals surface area contributed by atoms with Crippen LogP contribution >= 0.6 is 27.5 Å². The predicted octanol–water partition coefficient (Wildman–Crippen LogP) is 4.85. The van der Waals surface area contributed by atoms with Crippen molar-refractivity contribution in [1.82, 2.24) is 9.97 Å². The molecule has 1 unspecified atom stereocenters. The fourth-order valence-corrected chi connectivity index (χ4v) is 3.23. The molecule has 0 aliphatic heterocycles. The minimum absolute atomic E-state index is 0.00933. The van der Waals surface area contributed by atoms with Crippen molar-refractivity contribution in [1.29, 1.82) is 0 Å². The minimum atomic E-state index is -0.711. The van der Waals surface area contributed by atoms with Gasteiger partial charge in [-0.05, 0) is 36.8 Å². The number of carbonyl (C=O) groups is 1. The topological polar surface area (TPSA) is 80.9 Å². The van der Waals surface area contributed by atoms with Crippen LogP contribution in [0.5, 0.6) is 0 Å². The first kappa shape index (κ1) is 18.5. The van der Waals surface area contributed by atoms with Gasteiger partial charge in [0.15, 0.2) is 0 Å². The van der Waals surface area contributed by atoms with E-state index in [-0.39, 0.29) is 11.4 Å². The van der Waals surface area contributed by atoms with E-state index in [9.17, 15) is 9.18 Å². The van der Waals surface area contributed by atoms with E-state index in [1.165, 1.54) is 18.3 Å². The van der Waals surface area contributed by atoms with Gasteiger partial charge in [0.25, 0.3) is 5.91 Å². The zero-order valence-corrected chi connectivity index (χ0v) is 16.1. The van der Waals surface area contributed by atoms with E-state index in [2.05, 4.69) is 31.2 Å². The van der Waals surface area contributed by atoms with Crippen LogP contribution in [0.3, 0.4) is 0 Å². The van der Waals surface area contributed by atoms with Crippen LogP contribution in [0.4, 0.5) is 10.1 Å². The summed E-state index contributed by atoms with van der Waals surface area (Å²) >= 11 is 9.77. The second kappa shape index (κ2) is 7.55. The molecule has 3 rings (SSSR count). The first-order valence-corrected chi connectivity index (χ1v) is 9.04. The summed E-state index contributed by atoms with van der Waals surface area (Å²) in [6.07, 6.45) is 2.05. The van der Waals surface area contributed by atoms with E-state index >= 15 is 0 Å². The number of benzene rings is 1. The molecule has 8 heteroatoms. The average molecular weight is 438 g/mol. The van der Waals surface area contributed by atoms with Crippen LogP contribution in [0.25, 0.3) is 10.9 Å². The van der Waals surface area contributed by atoms with Crippen LogP contribution in [0, 0.1) is 5.82 Å². The van der Waals surface area contributed by atoms with Gasteiger partial charge in [0, 0.05) is 16.1 Å². The van der Waals surface area contributed by atoms with E-state index in [1.807, 2.05) is 25.1 Å². The number of rotatable bonds is 5. The second-order valence-electron chi connectivity index (χ2n) is 5.68. The quantitative estimate of drug-likeness (QED) is 0.598. The Morgan fingerprint density at radius 1 is 1.38 bits per heavy atom. The molecule has 134 valence electrons. The zero-order chi connectivity index (χ0) is 18.8. The molecule has 0 bridgehead atoms. The number of halogens is 3. The minimum Gasteiger partial charge on any atom is -0.375 e. The number of nitrogens with one attached hydrogen (secondary N) is 1. The number of hydrogen-bond acceptors (Lipinski definition) is 4. The summed E-state index contributed by atoms with van der Waals surface area (Å²) in [5, 5.41) is 4.44. The molecule has 1 amide bonds. The Kier molecular flexibility index (Phi) is 5.38. The second-order valence-corrected chi connectivity index (χ2v) is 7.00. The third-order valence-corrected chi connectivity index (χ3v) is 4.75. The molecule has 26 heavy (non-hydrogen) atoms. The normalized spacial score (nSPS) is 12.2. The number of aromatic nitrogens is 2. The van der Waals surface area contributed by atoms with Crippen LogP contribution in [0.15, 0.2) is 41.0 Å². The molecule has 1 atom stereocenters. The average Bonchev–Trinajstić information content (AvgIpc) is 2.61. The molecule has 3 N–H and O–H groups in total. The summed E-state index contributed by atoms with van der Waals surface area (Å²) in [6, 6.07) is 7.56. The van der Waals surface area contributed by atoms with Crippen molar-refractivity contribution in [2.24, 2.45) is 5.73 Å². The highest BCUT2D eigenvalue weighted by atomic mass is 79.9. The zero-order valence-electron chi connectivity index (χ0n) is 13.8. The highest BCUT2D eigenvalue weighted by molar-refractivity contribution is 9.10. The Morgan fingerprint density at radius 2 is 2.15 bits per heavy atom. The molecule has 0 radical (unpaired) electrons. The summed E-state index contributed by atoms with van der Waals surface area (Å²) in [5.41, 5.74) is 6.75. The van der Waals surface area contributed by atoms with Crippen LogP contribution in [-0.2, 0) is 0 Å². The molecule has 0 aliphatic rings. The molecule has 1 aromatic carbocycles. The third-order valence-electron chi connectivity index (χ3n) is 3.97. The van der Waals surface area contributed by atoms with Gasteiger partial charge in [-0.2, -0.15) is 0 Å². The SMILES string of the molecule is CCC(Nc1c(Cl)cnc2ccc(Br)cc12)c1nc(C(N)=O)ccc1F. The van der Waals surface area contributed by atoms with Crippen LogP contribution < -0.4 is 11.1 Å². The smallest absolute Gasteiger partial charge is 0.267 e. The number of nitrogens with two attached hydrogens (primary N) is 1. The van der Waals surface area contributed by atoms with E-state index in [4.69, 9.17) is 17.3 Å². The highest BCUT2D eigenvalue weighted by Crippen LogP contribution is 2.35. The van der Waals surface area contributed by atoms with Gasteiger partial charge in [-0.15, -0.1) is 0 Å². The van der Waals surface area contributed by atoms with Crippen molar-refractivity contribution in [3.05, 3.63) is 63.2 Å². The van der Waals surface area contributed by atoms with Gasteiger partial charge < -0.3 is 11.1 Å². The number of anilines is 1. The van der Waals surface area contributed by atoms with Crippen LogP contribution in [0.1, 0.15) is 35.6 Å². The van der Waals surface area contributed by atoms with Gasteiger partial charge in [0.05, 0.1) is 28.0 Å². The van der Waals surface area contributed by atoms with Crippen molar-refractivity contribution in [3.8, 4) is 0 Å². The Bertz CT molecular complexity index is 993. The van der Waals surface area contributed by atoms with Gasteiger partial charge in [-0.25, -0.2) is 9.37 Å². The monoisotopic (exact) mass is 436 g/mol. The molecule has 0 saturated heterocycles. The molecular weight excluding hydrogens is 423 g/mol. The van der Waals surface area contributed by atoms with E-state index in [1.54, 1.807) is 0 Å². The third kappa shape index (κ3) is 3.64. The van der Waals surface area contributed by atoms with Crippen molar-refractivity contribution in [2.45, 2.75) is 19.4 Å². The number of pyridine rings is 2. The Labute approximate surface area is 162 Å². The molecular formula is C18H15BrClFN4O. The lowest BCUT2D eigenvalue weighted by molar-refractivity contribution is 0.0995. The first-order valence-electron chi connectivity index (χ1n) is 7.87. The van der Waals surface area contributed by atoms with Crippen molar-refractivity contribution >= 4 is 50.0 Å². The number of hydrogen-bond donors (Lipinski definition) is 2. The number of amides is 1. The maximum absolute atomic E-state index is 14.3. The number of carbonyl (C=O) groups excluding carboxylic acids is 1. The summed E-state index contributed by atoms with van der Waals surface area (Å²) in [6.45, 7) is 1.88. The maximum atomic E-state index is 14.3. The van der Waals surface area contributed by atoms with Crippen molar-refractivity contribution < 1.29 is 9.18 Å². The van der Waals surface area contributed by atoms with Crippen molar-refractivity contribution in [2.75, 3.05) is 5.32 Å². The Morgan fingerprint density at radius 3 is 2.85 bits per heavy atom. The van der Waals surface area contributed by atoms with Gasteiger partial charge in [0.1, 0.15) is 11.5 Å². The van der Waals surface area contributed by atoms with Crippen LogP contribution in [0.2, 0.25) is 5.02 Å². The summed E-state index contributed by atoms with van der Waals surface area (Å²) in [4.78, 5) is 19.8. The predicted molar refractivity (Wildman–Crippen MR) is 104 cm³/mol. The number of nitrogens with zero attached hydrogens (tertiary/aromatic N) is 2. The largest absolute Gasteiger partial charge is 0.375 e. The Balaban J connectivity index is 2.08. The number of primary amides is 1. The molecule has 0 aliphatic carbocycles. The summed E-state index contributed by atoms with van der Waals surface area (Å²) < 4.78 is 15.2. The standard InChI is InChI=1S/C18H15BrClFN4O/c1-2-13(17-12(21)4-6-15(25-17)18(22)26)24-16-10-7-9(19)3-5-14(10)23-8-11(16)20/h3-8,13H,2H2,1H3,(H2,22,26)(H,23,24). The summed E-state index contributed by atoms with van der Waals surface area (Å²) in [5.74, 6) is -1.23. The van der Waals surface area contributed by atoms with Crippen LogP contribution in [-0.4, -0.2) is 15.9 Å². The molecule has 2 aromatic heterocycles. The highest BCUT2D eigenvalue weighted by Gasteiger charge is 2.20. The number of fused-ring (bicyclic) bond motifs is 1. The van der Waals surface area contributed by atoms with Gasteiger partial charge in [-0.1, -0.05) is 34.5 Å². The van der Waals surface area contributed by atoms with Crippen molar-refractivity contribution in [3.63, 3.8) is 0 Å². The van der Waals surface area contributed by atoms with E-state index in [0.717, 1.165) is 15.4 Å². The lowest BCUT2D eigenvalue weighted by Crippen LogP contribution is -2.19. The molecule has 3 aromatic rings. The van der Waals surface area contributed by atoms with E-state index < -0.39 is 17.8 Å². The Hall–Kier alpha value is -2.25. The molecule has 2 heterocycles. The van der Waals surface area contributed by atoms with Gasteiger partial charge in [-0.3, -0.25) is 9.78 Å². The van der Waals surface area contributed by atoms with Gasteiger partial charge >= 0.3 is 0 Å². The summed E-state index contributed by atoms with van der Waals surface area (Å²) in [7, 11) is 0.